The standard InChI is InChI=1S/C20H15BrN6O/c21-14-7-4-8-15(11-14)22-20(28)23-16-9-10-17(13-5-2-1-3-6-13)18(12-16)19-24-26-27-25-19/h1-12H,(H2,22,23,28)(H,24,25,26,27). The van der Waals surface area contributed by atoms with E-state index in [9.17, 15) is 4.79 Å². The summed E-state index contributed by atoms with van der Waals surface area (Å²) < 4.78 is 0.886. The van der Waals surface area contributed by atoms with Crippen LogP contribution in [0.3, 0.4) is 0 Å². The summed E-state index contributed by atoms with van der Waals surface area (Å²) in [4.78, 5) is 12.4. The van der Waals surface area contributed by atoms with Crippen molar-refractivity contribution in [3.8, 4) is 22.5 Å². The van der Waals surface area contributed by atoms with Crippen LogP contribution >= 0.6 is 15.9 Å². The van der Waals surface area contributed by atoms with Crippen molar-refractivity contribution in [3.05, 3.63) is 77.3 Å². The minimum atomic E-state index is -0.343. The topological polar surface area (TPSA) is 95.6 Å². The Hall–Kier alpha value is -3.52. The van der Waals surface area contributed by atoms with Gasteiger partial charge in [0.25, 0.3) is 0 Å². The third-order valence-corrected chi connectivity index (χ3v) is 4.52. The van der Waals surface area contributed by atoms with Gasteiger partial charge in [-0.3, -0.25) is 0 Å². The molecule has 0 atom stereocenters. The van der Waals surface area contributed by atoms with Crippen LogP contribution in [0, 0.1) is 0 Å². The summed E-state index contributed by atoms with van der Waals surface area (Å²) in [5.41, 5.74) is 4.03. The molecule has 1 aromatic heterocycles. The maximum absolute atomic E-state index is 12.4. The van der Waals surface area contributed by atoms with E-state index in [2.05, 4.69) is 47.2 Å². The molecular weight excluding hydrogens is 420 g/mol. The minimum absolute atomic E-state index is 0.343. The molecule has 0 aliphatic rings. The second-order valence-electron chi connectivity index (χ2n) is 5.95. The van der Waals surface area contributed by atoms with E-state index < -0.39 is 0 Å². The van der Waals surface area contributed by atoms with Crippen molar-refractivity contribution < 1.29 is 4.79 Å². The third kappa shape index (κ3) is 4.07. The summed E-state index contributed by atoms with van der Waals surface area (Å²) in [5.74, 6) is 0.454. The molecule has 7 nitrogen and oxygen atoms in total. The van der Waals surface area contributed by atoms with E-state index in [1.54, 1.807) is 0 Å². The molecule has 3 N–H and O–H groups in total. The van der Waals surface area contributed by atoms with Gasteiger partial charge in [-0.25, -0.2) is 4.79 Å². The number of benzene rings is 3. The number of nitrogens with one attached hydrogen (secondary N) is 3. The van der Waals surface area contributed by atoms with E-state index in [-0.39, 0.29) is 6.03 Å². The fraction of sp³-hybridized carbons (Fsp3) is 0. The van der Waals surface area contributed by atoms with E-state index in [1.165, 1.54) is 0 Å². The van der Waals surface area contributed by atoms with Gasteiger partial charge < -0.3 is 10.6 Å². The normalized spacial score (nSPS) is 10.5. The number of urea groups is 1. The summed E-state index contributed by atoms with van der Waals surface area (Å²) in [7, 11) is 0. The number of aromatic amines is 1. The molecule has 0 unspecified atom stereocenters. The van der Waals surface area contributed by atoms with E-state index in [0.717, 1.165) is 21.2 Å². The van der Waals surface area contributed by atoms with Crippen LogP contribution in [0.15, 0.2) is 77.3 Å². The molecule has 0 saturated carbocycles. The van der Waals surface area contributed by atoms with Gasteiger partial charge in [0.05, 0.1) is 0 Å². The Morgan fingerprint density at radius 2 is 1.64 bits per heavy atom. The predicted octanol–water partition coefficient (Wildman–Crippen LogP) is 4.94. The van der Waals surface area contributed by atoms with Crippen molar-refractivity contribution in [2.24, 2.45) is 0 Å². The molecule has 0 radical (unpaired) electrons. The second kappa shape index (κ2) is 8.01. The smallest absolute Gasteiger partial charge is 0.308 e. The SMILES string of the molecule is O=C(Nc1cccc(Br)c1)Nc1ccc(-c2ccccc2)c(-c2nn[nH]n2)c1. The molecule has 0 spiro atoms. The Balaban J connectivity index is 1.62. The first-order valence-electron chi connectivity index (χ1n) is 8.46. The lowest BCUT2D eigenvalue weighted by Crippen LogP contribution is -2.19. The van der Waals surface area contributed by atoms with Crippen molar-refractivity contribution in [2.75, 3.05) is 10.6 Å². The van der Waals surface area contributed by atoms with Gasteiger partial charge in [0.2, 0.25) is 5.82 Å². The van der Waals surface area contributed by atoms with Gasteiger partial charge in [-0.1, -0.05) is 58.4 Å². The van der Waals surface area contributed by atoms with Crippen LogP contribution in [-0.2, 0) is 0 Å². The maximum atomic E-state index is 12.4. The van der Waals surface area contributed by atoms with Crippen LogP contribution in [-0.4, -0.2) is 26.7 Å². The molecule has 0 fully saturated rings. The Kier molecular flexibility index (Phi) is 5.11. The lowest BCUT2D eigenvalue weighted by atomic mass is 9.98. The van der Waals surface area contributed by atoms with Crippen LogP contribution < -0.4 is 10.6 Å². The third-order valence-electron chi connectivity index (χ3n) is 4.03. The quantitative estimate of drug-likeness (QED) is 0.423. The number of carbonyl (C=O) groups is 1. The predicted molar refractivity (Wildman–Crippen MR) is 112 cm³/mol. The first-order valence-corrected chi connectivity index (χ1v) is 9.25. The number of hydrogen-bond donors (Lipinski definition) is 3. The van der Waals surface area contributed by atoms with Crippen molar-refractivity contribution in [2.45, 2.75) is 0 Å². The highest BCUT2D eigenvalue weighted by Gasteiger charge is 2.13. The molecule has 2 amide bonds. The number of halogens is 1. The summed E-state index contributed by atoms with van der Waals surface area (Å²) in [5, 5.41) is 19.9. The van der Waals surface area contributed by atoms with Crippen LogP contribution in [0.1, 0.15) is 0 Å². The van der Waals surface area contributed by atoms with E-state index in [4.69, 9.17) is 0 Å². The van der Waals surface area contributed by atoms with Crippen LogP contribution in [0.4, 0.5) is 16.2 Å². The van der Waals surface area contributed by atoms with Crippen molar-refractivity contribution in [1.82, 2.24) is 20.6 Å². The number of tetrazole rings is 1. The number of aromatic nitrogens is 4. The highest BCUT2D eigenvalue weighted by molar-refractivity contribution is 9.10. The lowest BCUT2D eigenvalue weighted by Gasteiger charge is -2.12. The van der Waals surface area contributed by atoms with Crippen LogP contribution in [0.2, 0.25) is 0 Å². The summed E-state index contributed by atoms with van der Waals surface area (Å²) in [6, 6.07) is 22.5. The Bertz CT molecular complexity index is 1100. The summed E-state index contributed by atoms with van der Waals surface area (Å²) in [6.45, 7) is 0. The molecule has 28 heavy (non-hydrogen) atoms. The molecule has 0 bridgehead atoms. The largest absolute Gasteiger partial charge is 0.323 e. The molecule has 4 aromatic rings. The number of anilines is 2. The molecule has 3 aromatic carbocycles. The van der Waals surface area contributed by atoms with Gasteiger partial charge in [0, 0.05) is 21.4 Å². The highest BCUT2D eigenvalue weighted by atomic mass is 79.9. The number of nitrogens with zero attached hydrogens (tertiary/aromatic N) is 3. The Morgan fingerprint density at radius 3 is 2.36 bits per heavy atom. The molecule has 4 rings (SSSR count). The van der Waals surface area contributed by atoms with Crippen LogP contribution in [0.5, 0.6) is 0 Å². The zero-order valence-electron chi connectivity index (χ0n) is 14.6. The molecule has 138 valence electrons. The monoisotopic (exact) mass is 434 g/mol. The average molecular weight is 435 g/mol. The van der Waals surface area contributed by atoms with Crippen LogP contribution in [0.25, 0.3) is 22.5 Å². The number of hydrogen-bond acceptors (Lipinski definition) is 4. The Labute approximate surface area is 169 Å². The minimum Gasteiger partial charge on any atom is -0.308 e. The van der Waals surface area contributed by atoms with Gasteiger partial charge in [-0.05, 0) is 46.7 Å². The zero-order valence-corrected chi connectivity index (χ0v) is 16.1. The van der Waals surface area contributed by atoms with Gasteiger partial charge in [0.15, 0.2) is 0 Å². The number of amides is 2. The zero-order chi connectivity index (χ0) is 19.3. The van der Waals surface area contributed by atoms with E-state index in [0.29, 0.717) is 17.2 Å². The number of rotatable bonds is 4. The van der Waals surface area contributed by atoms with Gasteiger partial charge >= 0.3 is 6.03 Å². The molecule has 0 saturated heterocycles. The molecule has 1 heterocycles. The van der Waals surface area contributed by atoms with Crippen molar-refractivity contribution >= 4 is 33.3 Å². The average Bonchev–Trinajstić information content (AvgIpc) is 3.23. The molecule has 8 heteroatoms. The first kappa shape index (κ1) is 17.9. The lowest BCUT2D eigenvalue weighted by molar-refractivity contribution is 0.262. The number of carbonyl (C=O) groups excluding carboxylic acids is 1. The molecule has 0 aliphatic carbocycles. The molecule has 0 aliphatic heterocycles. The second-order valence-corrected chi connectivity index (χ2v) is 6.87. The van der Waals surface area contributed by atoms with Gasteiger partial charge in [-0.2, -0.15) is 5.21 Å². The fourth-order valence-electron chi connectivity index (χ4n) is 2.81. The van der Waals surface area contributed by atoms with Gasteiger partial charge in [-0.15, -0.1) is 10.2 Å². The van der Waals surface area contributed by atoms with Gasteiger partial charge in [0.1, 0.15) is 0 Å². The maximum Gasteiger partial charge on any atom is 0.323 e. The summed E-state index contributed by atoms with van der Waals surface area (Å²) in [6.07, 6.45) is 0. The van der Waals surface area contributed by atoms with E-state index >= 15 is 0 Å². The van der Waals surface area contributed by atoms with Crippen molar-refractivity contribution in [3.63, 3.8) is 0 Å². The Morgan fingerprint density at radius 1 is 0.857 bits per heavy atom. The van der Waals surface area contributed by atoms with E-state index in [1.807, 2.05) is 72.8 Å². The summed E-state index contributed by atoms with van der Waals surface area (Å²) >= 11 is 3.39. The first-order chi connectivity index (χ1) is 13.7. The molecular formula is C20H15BrN6O. The number of H-pyrrole nitrogens is 1. The highest BCUT2D eigenvalue weighted by Crippen LogP contribution is 2.32. The van der Waals surface area contributed by atoms with Crippen molar-refractivity contribution in [1.29, 1.82) is 0 Å². The fourth-order valence-corrected chi connectivity index (χ4v) is 3.21.